The fourth-order valence-electron chi connectivity index (χ4n) is 2.28. The number of phenols is 2. The highest BCUT2D eigenvalue weighted by Gasteiger charge is 2.17. The van der Waals surface area contributed by atoms with Crippen molar-refractivity contribution in [2.75, 3.05) is 17.2 Å². The van der Waals surface area contributed by atoms with Gasteiger partial charge in [-0.3, -0.25) is 9.59 Å². The fourth-order valence-corrected chi connectivity index (χ4v) is 2.28. The molecular weight excluding hydrogens is 378 g/mol. The molecule has 0 radical (unpaired) electrons. The first-order valence-electron chi connectivity index (χ1n) is 8.73. The van der Waals surface area contributed by atoms with Gasteiger partial charge in [-0.15, -0.1) is 0 Å². The van der Waals surface area contributed by atoms with Crippen LogP contribution in [0.25, 0.3) is 0 Å². The number of alkyl carbamates (subject to hydrolysis) is 1. The summed E-state index contributed by atoms with van der Waals surface area (Å²) in [5.74, 6) is -1.63. The molecule has 0 aliphatic rings. The van der Waals surface area contributed by atoms with Gasteiger partial charge in [-0.25, -0.2) is 4.79 Å². The lowest BCUT2D eigenvalue weighted by Crippen LogP contribution is -2.37. The summed E-state index contributed by atoms with van der Waals surface area (Å²) in [5, 5.41) is 26.6. The maximum absolute atomic E-state index is 12.4. The van der Waals surface area contributed by atoms with Crippen LogP contribution in [0.2, 0.25) is 0 Å². The molecule has 0 atom stereocenters. The minimum absolute atomic E-state index is 0.0372. The molecule has 0 heterocycles. The van der Waals surface area contributed by atoms with Crippen molar-refractivity contribution in [3.05, 3.63) is 48.0 Å². The van der Waals surface area contributed by atoms with Gasteiger partial charge >= 0.3 is 6.09 Å². The Balaban J connectivity index is 2.02. The number of carbonyl (C=O) groups excluding carboxylic acids is 3. The summed E-state index contributed by atoms with van der Waals surface area (Å²) >= 11 is 0. The summed E-state index contributed by atoms with van der Waals surface area (Å²) in [7, 11) is 0. The topological polar surface area (TPSA) is 137 Å². The normalized spacial score (nSPS) is 10.7. The third-order valence-electron chi connectivity index (χ3n) is 3.41. The van der Waals surface area contributed by atoms with E-state index < -0.39 is 23.5 Å². The van der Waals surface area contributed by atoms with Crippen molar-refractivity contribution in [1.29, 1.82) is 0 Å². The minimum atomic E-state index is -0.724. The van der Waals surface area contributed by atoms with E-state index in [0.717, 1.165) is 6.07 Å². The Bertz CT molecular complexity index is 900. The first-order valence-corrected chi connectivity index (χ1v) is 8.73. The summed E-state index contributed by atoms with van der Waals surface area (Å²) in [6.07, 6.45) is -0.724. The number of carbonyl (C=O) groups is 3. The smallest absolute Gasteiger partial charge is 0.408 e. The summed E-state index contributed by atoms with van der Waals surface area (Å²) in [6.45, 7) is 4.80. The van der Waals surface area contributed by atoms with Crippen LogP contribution in [-0.2, 0) is 9.53 Å². The van der Waals surface area contributed by atoms with Crippen LogP contribution < -0.4 is 16.0 Å². The van der Waals surface area contributed by atoms with Crippen LogP contribution >= 0.6 is 0 Å². The lowest BCUT2D eigenvalue weighted by molar-refractivity contribution is -0.115. The van der Waals surface area contributed by atoms with E-state index in [0.29, 0.717) is 11.4 Å². The third-order valence-corrected chi connectivity index (χ3v) is 3.41. The highest BCUT2D eigenvalue weighted by atomic mass is 16.6. The second kappa shape index (κ2) is 8.96. The van der Waals surface area contributed by atoms with Gasteiger partial charge in [-0.1, -0.05) is 12.1 Å². The zero-order valence-corrected chi connectivity index (χ0v) is 16.3. The molecule has 3 amide bonds. The van der Waals surface area contributed by atoms with Gasteiger partial charge in [0.05, 0.1) is 11.4 Å². The Kier molecular flexibility index (Phi) is 6.66. The number of hydrogen-bond donors (Lipinski definition) is 5. The number of anilines is 2. The number of nitrogens with one attached hydrogen (secondary N) is 3. The zero-order chi connectivity index (χ0) is 21.6. The summed E-state index contributed by atoms with van der Waals surface area (Å²) in [5.41, 5.74) is -0.0417. The van der Waals surface area contributed by atoms with Crippen LogP contribution in [-0.4, -0.2) is 40.3 Å². The summed E-state index contributed by atoms with van der Waals surface area (Å²) in [6, 6.07) is 9.94. The van der Waals surface area contributed by atoms with Gasteiger partial charge in [0, 0.05) is 11.6 Å². The van der Waals surface area contributed by atoms with Crippen LogP contribution in [0.3, 0.4) is 0 Å². The molecule has 0 bridgehead atoms. The summed E-state index contributed by atoms with van der Waals surface area (Å²) < 4.78 is 5.06. The SMILES string of the molecule is CC(C)(C)OC(=O)NCC(=O)Nc1ccccc1NC(=O)c1cc(O)cc(O)c1. The number of phenolic OH excluding ortho intramolecular Hbond substituents is 2. The van der Waals surface area contributed by atoms with Crippen molar-refractivity contribution in [3.63, 3.8) is 0 Å². The van der Waals surface area contributed by atoms with E-state index in [-0.39, 0.29) is 23.6 Å². The highest BCUT2D eigenvalue weighted by Crippen LogP contribution is 2.24. The number of benzene rings is 2. The highest BCUT2D eigenvalue weighted by molar-refractivity contribution is 6.07. The van der Waals surface area contributed by atoms with E-state index in [4.69, 9.17) is 4.74 Å². The fraction of sp³-hybridized carbons (Fsp3) is 0.250. The monoisotopic (exact) mass is 401 g/mol. The standard InChI is InChI=1S/C20H23N3O6/c1-20(2,3)29-19(28)21-11-17(26)22-15-6-4-5-7-16(15)23-18(27)12-8-13(24)10-14(25)9-12/h4-10,24-25H,11H2,1-3H3,(H,21,28)(H,22,26)(H,23,27). The number of rotatable bonds is 5. The van der Waals surface area contributed by atoms with E-state index in [9.17, 15) is 24.6 Å². The van der Waals surface area contributed by atoms with Gasteiger partial charge in [0.15, 0.2) is 0 Å². The molecule has 0 aliphatic carbocycles. The first kappa shape index (κ1) is 21.5. The van der Waals surface area contributed by atoms with Crippen molar-refractivity contribution in [2.45, 2.75) is 26.4 Å². The molecule has 29 heavy (non-hydrogen) atoms. The Hall–Kier alpha value is -3.75. The zero-order valence-electron chi connectivity index (χ0n) is 16.3. The molecule has 2 aromatic carbocycles. The van der Waals surface area contributed by atoms with Gasteiger partial charge < -0.3 is 30.9 Å². The molecule has 2 rings (SSSR count). The quantitative estimate of drug-likeness (QED) is 0.522. The maximum atomic E-state index is 12.4. The Morgan fingerprint density at radius 1 is 0.931 bits per heavy atom. The molecule has 0 unspecified atom stereocenters. The first-order chi connectivity index (χ1) is 13.5. The van der Waals surface area contributed by atoms with Gasteiger partial charge in [0.2, 0.25) is 5.91 Å². The summed E-state index contributed by atoms with van der Waals surface area (Å²) in [4.78, 5) is 36.1. The molecule has 9 nitrogen and oxygen atoms in total. The van der Waals surface area contributed by atoms with Gasteiger partial charge in [0.25, 0.3) is 5.91 Å². The predicted molar refractivity (Wildman–Crippen MR) is 107 cm³/mol. The largest absolute Gasteiger partial charge is 0.508 e. The molecule has 0 saturated carbocycles. The number of aromatic hydroxyl groups is 2. The Labute approximate surface area is 167 Å². The third kappa shape index (κ3) is 7.06. The van der Waals surface area contributed by atoms with Crippen molar-refractivity contribution < 1.29 is 29.3 Å². The molecule has 0 fully saturated rings. The predicted octanol–water partition coefficient (Wildman–Crippen LogP) is 2.81. The molecule has 0 spiro atoms. The van der Waals surface area contributed by atoms with Gasteiger partial charge in [-0.2, -0.15) is 0 Å². The van der Waals surface area contributed by atoms with Crippen molar-refractivity contribution in [1.82, 2.24) is 5.32 Å². The van der Waals surface area contributed by atoms with Gasteiger partial charge in [0.1, 0.15) is 23.6 Å². The molecule has 0 aromatic heterocycles. The average Bonchev–Trinajstić information content (AvgIpc) is 2.59. The molecule has 9 heteroatoms. The Morgan fingerprint density at radius 3 is 2.03 bits per heavy atom. The molecule has 0 aliphatic heterocycles. The van der Waals surface area contributed by atoms with Gasteiger partial charge in [-0.05, 0) is 45.0 Å². The number of ether oxygens (including phenoxy) is 1. The molecule has 5 N–H and O–H groups in total. The van der Waals surface area contributed by atoms with E-state index in [2.05, 4.69) is 16.0 Å². The van der Waals surface area contributed by atoms with Crippen LogP contribution in [0.15, 0.2) is 42.5 Å². The van der Waals surface area contributed by atoms with Crippen molar-refractivity contribution in [2.24, 2.45) is 0 Å². The maximum Gasteiger partial charge on any atom is 0.408 e. The molecular formula is C20H23N3O6. The van der Waals surface area contributed by atoms with Crippen LogP contribution in [0.1, 0.15) is 31.1 Å². The number of hydrogen-bond acceptors (Lipinski definition) is 6. The van der Waals surface area contributed by atoms with E-state index in [1.54, 1.807) is 45.0 Å². The molecule has 154 valence electrons. The van der Waals surface area contributed by atoms with Crippen LogP contribution in [0.5, 0.6) is 11.5 Å². The van der Waals surface area contributed by atoms with Crippen LogP contribution in [0, 0.1) is 0 Å². The Morgan fingerprint density at radius 2 is 1.48 bits per heavy atom. The lowest BCUT2D eigenvalue weighted by Gasteiger charge is -2.19. The lowest BCUT2D eigenvalue weighted by atomic mass is 10.1. The number of amides is 3. The van der Waals surface area contributed by atoms with Crippen molar-refractivity contribution >= 4 is 29.3 Å². The average molecular weight is 401 g/mol. The second-order valence-electron chi connectivity index (χ2n) is 7.14. The second-order valence-corrected chi connectivity index (χ2v) is 7.14. The molecule has 0 saturated heterocycles. The van der Waals surface area contributed by atoms with E-state index in [1.807, 2.05) is 0 Å². The van der Waals surface area contributed by atoms with E-state index in [1.165, 1.54) is 12.1 Å². The van der Waals surface area contributed by atoms with E-state index >= 15 is 0 Å². The molecule has 2 aromatic rings. The minimum Gasteiger partial charge on any atom is -0.508 e. The van der Waals surface area contributed by atoms with Crippen LogP contribution in [0.4, 0.5) is 16.2 Å². The van der Waals surface area contributed by atoms with Crippen molar-refractivity contribution in [3.8, 4) is 11.5 Å². The number of para-hydroxylation sites is 2.